The summed E-state index contributed by atoms with van der Waals surface area (Å²) in [7, 11) is 0. The number of halogens is 3. The molecular formula is C15H16F3N3O3. The third-order valence-electron chi connectivity index (χ3n) is 3.85. The molecule has 2 aliphatic heterocycles. The van der Waals surface area contributed by atoms with Crippen molar-refractivity contribution in [2.45, 2.75) is 32.2 Å². The van der Waals surface area contributed by atoms with Gasteiger partial charge in [-0.15, -0.1) is 0 Å². The number of carbonyl (C=O) groups excluding carboxylic acids is 1. The molecule has 3 heterocycles. The van der Waals surface area contributed by atoms with E-state index in [2.05, 4.69) is 10.1 Å². The fourth-order valence-corrected chi connectivity index (χ4v) is 2.74. The highest BCUT2D eigenvalue weighted by Crippen LogP contribution is 2.32. The summed E-state index contributed by atoms with van der Waals surface area (Å²) >= 11 is 0. The van der Waals surface area contributed by atoms with E-state index in [-0.39, 0.29) is 18.1 Å². The lowest BCUT2D eigenvalue weighted by atomic mass is 9.96. The van der Waals surface area contributed by atoms with Crippen LogP contribution in [0.15, 0.2) is 23.5 Å². The Bertz CT molecular complexity index is 658. The molecular weight excluding hydrogens is 327 g/mol. The highest BCUT2D eigenvalue weighted by Gasteiger charge is 2.45. The van der Waals surface area contributed by atoms with Gasteiger partial charge in [0.05, 0.1) is 24.3 Å². The van der Waals surface area contributed by atoms with Crippen LogP contribution in [0.5, 0.6) is 0 Å². The molecule has 2 aliphatic rings. The van der Waals surface area contributed by atoms with E-state index in [4.69, 9.17) is 9.57 Å². The number of ether oxygens (including phenoxy) is 1. The maximum Gasteiger partial charge on any atom is 0.433 e. The lowest BCUT2D eigenvalue weighted by Crippen LogP contribution is -2.32. The van der Waals surface area contributed by atoms with Gasteiger partial charge >= 0.3 is 12.3 Å². The summed E-state index contributed by atoms with van der Waals surface area (Å²) in [6.45, 7) is 4.19. The number of rotatable bonds is 2. The molecule has 130 valence electrons. The van der Waals surface area contributed by atoms with E-state index in [1.165, 1.54) is 11.0 Å². The Hall–Kier alpha value is -2.32. The van der Waals surface area contributed by atoms with Crippen molar-refractivity contribution >= 4 is 11.8 Å². The van der Waals surface area contributed by atoms with E-state index in [0.29, 0.717) is 24.4 Å². The molecule has 9 heteroatoms. The van der Waals surface area contributed by atoms with Crippen LogP contribution in [0.4, 0.5) is 18.0 Å². The van der Waals surface area contributed by atoms with Gasteiger partial charge in [-0.1, -0.05) is 5.16 Å². The fourth-order valence-electron chi connectivity index (χ4n) is 2.74. The number of oxime groups is 1. The molecule has 0 bridgehead atoms. The van der Waals surface area contributed by atoms with E-state index < -0.39 is 18.0 Å². The Kier molecular flexibility index (Phi) is 4.10. The normalized spacial score (nSPS) is 23.1. The van der Waals surface area contributed by atoms with Crippen LogP contribution < -0.4 is 0 Å². The third-order valence-corrected chi connectivity index (χ3v) is 3.85. The zero-order valence-corrected chi connectivity index (χ0v) is 13.1. The van der Waals surface area contributed by atoms with Crippen molar-refractivity contribution < 1.29 is 27.5 Å². The van der Waals surface area contributed by atoms with Gasteiger partial charge in [0.2, 0.25) is 0 Å². The van der Waals surface area contributed by atoms with Gasteiger partial charge < -0.3 is 14.5 Å². The van der Waals surface area contributed by atoms with E-state index in [0.717, 1.165) is 12.3 Å². The second-order valence-electron chi connectivity index (χ2n) is 5.99. The lowest BCUT2D eigenvalue weighted by Gasteiger charge is -2.18. The number of alkyl halides is 3. The summed E-state index contributed by atoms with van der Waals surface area (Å²) in [5.41, 5.74) is -0.00785. The largest absolute Gasteiger partial charge is 0.447 e. The SMILES string of the molecule is CC(C)OC(=O)N1CC2ON=C(c3ccc(C(F)(F)F)nc3)C2C1. The molecule has 2 atom stereocenters. The zero-order chi connectivity index (χ0) is 17.5. The predicted molar refractivity (Wildman–Crippen MR) is 77.3 cm³/mol. The van der Waals surface area contributed by atoms with Gasteiger partial charge in [-0.05, 0) is 26.0 Å². The minimum Gasteiger partial charge on any atom is -0.447 e. The molecule has 3 rings (SSSR count). The number of likely N-dealkylation sites (tertiary alicyclic amines) is 1. The van der Waals surface area contributed by atoms with Crippen LogP contribution in [-0.2, 0) is 15.8 Å². The summed E-state index contributed by atoms with van der Waals surface area (Å²) in [6.07, 6.45) is -4.34. The molecule has 0 aromatic carbocycles. The molecule has 0 aliphatic carbocycles. The molecule has 0 saturated carbocycles. The number of hydrogen-bond donors (Lipinski definition) is 0. The average Bonchev–Trinajstić information content (AvgIpc) is 3.05. The predicted octanol–water partition coefficient (Wildman–Crippen LogP) is 2.68. The quantitative estimate of drug-likeness (QED) is 0.828. The maximum atomic E-state index is 12.6. The molecule has 0 N–H and O–H groups in total. The number of pyridine rings is 1. The van der Waals surface area contributed by atoms with E-state index >= 15 is 0 Å². The van der Waals surface area contributed by atoms with Crippen LogP contribution >= 0.6 is 0 Å². The van der Waals surface area contributed by atoms with Crippen molar-refractivity contribution in [1.29, 1.82) is 0 Å². The second-order valence-corrected chi connectivity index (χ2v) is 5.99. The van der Waals surface area contributed by atoms with Crippen molar-refractivity contribution in [3.05, 3.63) is 29.6 Å². The minimum atomic E-state index is -4.49. The molecule has 6 nitrogen and oxygen atoms in total. The van der Waals surface area contributed by atoms with Crippen molar-refractivity contribution in [3.63, 3.8) is 0 Å². The number of fused-ring (bicyclic) bond motifs is 1. The first-order valence-electron chi connectivity index (χ1n) is 7.48. The number of aromatic nitrogens is 1. The van der Waals surface area contributed by atoms with Crippen LogP contribution in [0.3, 0.4) is 0 Å². The topological polar surface area (TPSA) is 64.0 Å². The Labute approximate surface area is 136 Å². The smallest absolute Gasteiger partial charge is 0.433 e. The van der Waals surface area contributed by atoms with Gasteiger partial charge in [-0.3, -0.25) is 4.98 Å². The monoisotopic (exact) mass is 343 g/mol. The molecule has 1 fully saturated rings. The Balaban J connectivity index is 1.72. The molecule has 0 radical (unpaired) electrons. The molecule has 1 saturated heterocycles. The summed E-state index contributed by atoms with van der Waals surface area (Å²) in [4.78, 5) is 22.2. The van der Waals surface area contributed by atoms with E-state index in [1.807, 2.05) is 0 Å². The van der Waals surface area contributed by atoms with Gasteiger partial charge in [0, 0.05) is 18.3 Å². The summed E-state index contributed by atoms with van der Waals surface area (Å²) in [5, 5.41) is 3.95. The number of nitrogens with zero attached hydrogens (tertiary/aromatic N) is 3. The van der Waals surface area contributed by atoms with Gasteiger partial charge in [-0.2, -0.15) is 13.2 Å². The van der Waals surface area contributed by atoms with E-state index in [1.54, 1.807) is 13.8 Å². The van der Waals surface area contributed by atoms with Crippen LogP contribution in [0.1, 0.15) is 25.1 Å². The van der Waals surface area contributed by atoms with E-state index in [9.17, 15) is 18.0 Å². The van der Waals surface area contributed by atoms with Crippen LogP contribution in [-0.4, -0.2) is 47.0 Å². The first kappa shape index (κ1) is 16.5. The minimum absolute atomic E-state index is 0.205. The number of amides is 1. The highest BCUT2D eigenvalue weighted by atomic mass is 19.4. The second kappa shape index (κ2) is 5.95. The summed E-state index contributed by atoms with van der Waals surface area (Å²) in [5.74, 6) is -0.205. The number of carbonyl (C=O) groups is 1. The van der Waals surface area contributed by atoms with Crippen molar-refractivity contribution in [2.24, 2.45) is 11.1 Å². The summed E-state index contributed by atoms with van der Waals surface area (Å²) < 4.78 is 42.9. The van der Waals surface area contributed by atoms with Crippen LogP contribution in [0.25, 0.3) is 0 Å². The maximum absolute atomic E-state index is 12.6. The average molecular weight is 343 g/mol. The molecule has 1 amide bonds. The first-order chi connectivity index (χ1) is 11.3. The Morgan fingerprint density at radius 3 is 2.71 bits per heavy atom. The van der Waals surface area contributed by atoms with Gasteiger partial charge in [-0.25, -0.2) is 4.79 Å². The van der Waals surface area contributed by atoms with Gasteiger partial charge in [0.25, 0.3) is 0 Å². The van der Waals surface area contributed by atoms with Crippen molar-refractivity contribution in [3.8, 4) is 0 Å². The molecule has 2 unspecified atom stereocenters. The zero-order valence-electron chi connectivity index (χ0n) is 13.1. The highest BCUT2D eigenvalue weighted by molar-refractivity contribution is 6.03. The molecule has 0 spiro atoms. The van der Waals surface area contributed by atoms with Crippen molar-refractivity contribution in [1.82, 2.24) is 9.88 Å². The third kappa shape index (κ3) is 3.15. The molecule has 1 aromatic heterocycles. The fraction of sp³-hybridized carbons (Fsp3) is 0.533. The summed E-state index contributed by atoms with van der Waals surface area (Å²) in [6, 6.07) is 2.22. The Morgan fingerprint density at radius 2 is 2.12 bits per heavy atom. The van der Waals surface area contributed by atoms with Crippen molar-refractivity contribution in [2.75, 3.05) is 13.1 Å². The molecule has 1 aromatic rings. The Morgan fingerprint density at radius 1 is 1.38 bits per heavy atom. The van der Waals surface area contributed by atoms with Crippen LogP contribution in [0.2, 0.25) is 0 Å². The number of hydrogen-bond acceptors (Lipinski definition) is 5. The lowest BCUT2D eigenvalue weighted by molar-refractivity contribution is -0.141. The standard InChI is InChI=1S/C15H16F3N3O3/c1-8(2)23-14(22)21-6-10-11(7-21)24-20-13(10)9-3-4-12(19-5-9)15(16,17)18/h3-5,8,10-11H,6-7H2,1-2H3. The van der Waals surface area contributed by atoms with Crippen LogP contribution in [0, 0.1) is 5.92 Å². The van der Waals surface area contributed by atoms with Gasteiger partial charge in [0.1, 0.15) is 5.69 Å². The molecule has 24 heavy (non-hydrogen) atoms. The first-order valence-corrected chi connectivity index (χ1v) is 7.48. The van der Waals surface area contributed by atoms with Gasteiger partial charge in [0.15, 0.2) is 6.10 Å².